The van der Waals surface area contributed by atoms with Crippen molar-refractivity contribution in [3.8, 4) is 0 Å². The smallest absolute Gasteiger partial charge is 0.254 e. The molecule has 82 valence electrons. The van der Waals surface area contributed by atoms with Crippen LogP contribution in [0.2, 0.25) is 0 Å². The van der Waals surface area contributed by atoms with E-state index >= 15 is 0 Å². The molecule has 15 heavy (non-hydrogen) atoms. The van der Waals surface area contributed by atoms with Gasteiger partial charge in [0, 0.05) is 11.3 Å². The van der Waals surface area contributed by atoms with Crippen LogP contribution in [0.5, 0.6) is 0 Å². The molecular formula is C11H15NO3. The Morgan fingerprint density at radius 2 is 2.27 bits per heavy atom. The number of aliphatic hydroxyl groups excluding tert-OH is 2. The van der Waals surface area contributed by atoms with E-state index in [0.29, 0.717) is 18.4 Å². The summed E-state index contributed by atoms with van der Waals surface area (Å²) in [7, 11) is 0. The standard InChI is InChI=1S/C11H15NO3/c1-7-2-3-8-4-5-10(14)9(6-13)12(8)11(7)15/h2-3,9-10,13-14H,4-6H2,1H3. The molecule has 4 nitrogen and oxygen atoms in total. The van der Waals surface area contributed by atoms with Gasteiger partial charge in [-0.3, -0.25) is 4.79 Å². The fourth-order valence-corrected chi connectivity index (χ4v) is 2.12. The summed E-state index contributed by atoms with van der Waals surface area (Å²) in [6.45, 7) is 1.54. The third-order valence-electron chi connectivity index (χ3n) is 3.05. The van der Waals surface area contributed by atoms with Crippen molar-refractivity contribution in [2.24, 2.45) is 0 Å². The topological polar surface area (TPSA) is 62.5 Å². The van der Waals surface area contributed by atoms with Crippen LogP contribution >= 0.6 is 0 Å². The van der Waals surface area contributed by atoms with Crippen LogP contribution in [0.4, 0.5) is 0 Å². The van der Waals surface area contributed by atoms with Crippen molar-refractivity contribution < 1.29 is 10.2 Å². The predicted octanol–water partition coefficient (Wildman–Crippen LogP) is -0.00278. The van der Waals surface area contributed by atoms with E-state index in [1.54, 1.807) is 13.0 Å². The van der Waals surface area contributed by atoms with Gasteiger partial charge in [0.2, 0.25) is 0 Å². The number of pyridine rings is 1. The molecule has 2 rings (SSSR count). The van der Waals surface area contributed by atoms with Gasteiger partial charge in [0.25, 0.3) is 5.56 Å². The highest BCUT2D eigenvalue weighted by Gasteiger charge is 2.28. The lowest BCUT2D eigenvalue weighted by molar-refractivity contribution is 0.0516. The fraction of sp³-hybridized carbons (Fsp3) is 0.545. The maximum Gasteiger partial charge on any atom is 0.254 e. The molecule has 0 spiro atoms. The molecule has 0 saturated heterocycles. The van der Waals surface area contributed by atoms with Gasteiger partial charge >= 0.3 is 0 Å². The van der Waals surface area contributed by atoms with E-state index in [4.69, 9.17) is 0 Å². The molecular weight excluding hydrogens is 194 g/mol. The number of fused-ring (bicyclic) bond motifs is 1. The van der Waals surface area contributed by atoms with Crippen LogP contribution in [0, 0.1) is 6.92 Å². The van der Waals surface area contributed by atoms with E-state index in [-0.39, 0.29) is 12.2 Å². The van der Waals surface area contributed by atoms with Crippen molar-refractivity contribution >= 4 is 0 Å². The van der Waals surface area contributed by atoms with E-state index in [1.165, 1.54) is 4.57 Å². The first kappa shape index (κ1) is 10.4. The molecule has 0 aromatic carbocycles. The van der Waals surface area contributed by atoms with Gasteiger partial charge in [0.1, 0.15) is 0 Å². The van der Waals surface area contributed by atoms with Crippen LogP contribution in [-0.4, -0.2) is 27.5 Å². The highest BCUT2D eigenvalue weighted by Crippen LogP contribution is 2.22. The summed E-state index contributed by atoms with van der Waals surface area (Å²) in [6.07, 6.45) is 0.669. The molecule has 1 aromatic rings. The van der Waals surface area contributed by atoms with E-state index in [2.05, 4.69) is 0 Å². The molecule has 0 radical (unpaired) electrons. The van der Waals surface area contributed by atoms with Gasteiger partial charge in [0.05, 0.1) is 18.8 Å². The number of hydrogen-bond donors (Lipinski definition) is 2. The molecule has 1 aliphatic rings. The molecule has 0 fully saturated rings. The lowest BCUT2D eigenvalue weighted by atomic mass is 9.98. The normalized spacial score (nSPS) is 25.0. The molecule has 2 N–H and O–H groups in total. The maximum absolute atomic E-state index is 11.9. The Balaban J connectivity index is 2.60. The fourth-order valence-electron chi connectivity index (χ4n) is 2.12. The van der Waals surface area contributed by atoms with Crippen LogP contribution < -0.4 is 5.56 Å². The molecule has 2 heterocycles. The van der Waals surface area contributed by atoms with Gasteiger partial charge in [-0.05, 0) is 25.8 Å². The first-order chi connectivity index (χ1) is 7.15. The third kappa shape index (κ3) is 1.60. The molecule has 2 unspecified atom stereocenters. The van der Waals surface area contributed by atoms with Crippen molar-refractivity contribution in [3.63, 3.8) is 0 Å². The van der Waals surface area contributed by atoms with Crippen molar-refractivity contribution in [2.45, 2.75) is 31.9 Å². The van der Waals surface area contributed by atoms with Crippen molar-refractivity contribution in [2.75, 3.05) is 6.61 Å². The highest BCUT2D eigenvalue weighted by molar-refractivity contribution is 5.18. The minimum absolute atomic E-state index is 0.106. The van der Waals surface area contributed by atoms with Crippen molar-refractivity contribution in [1.29, 1.82) is 0 Å². The second kappa shape index (κ2) is 3.79. The Morgan fingerprint density at radius 1 is 1.53 bits per heavy atom. The molecule has 1 aliphatic heterocycles. The zero-order valence-corrected chi connectivity index (χ0v) is 8.68. The molecule has 1 aromatic heterocycles. The SMILES string of the molecule is Cc1ccc2n(c1=O)C(CO)C(O)CC2. The van der Waals surface area contributed by atoms with Crippen LogP contribution in [0.15, 0.2) is 16.9 Å². The average Bonchev–Trinajstić information content (AvgIpc) is 2.24. The molecule has 0 aliphatic carbocycles. The predicted molar refractivity (Wildman–Crippen MR) is 55.9 cm³/mol. The number of rotatable bonds is 1. The van der Waals surface area contributed by atoms with Gasteiger partial charge in [-0.25, -0.2) is 0 Å². The van der Waals surface area contributed by atoms with E-state index in [1.807, 2.05) is 6.07 Å². The minimum Gasteiger partial charge on any atom is -0.394 e. The molecule has 2 atom stereocenters. The summed E-state index contributed by atoms with van der Waals surface area (Å²) in [5.74, 6) is 0. The lowest BCUT2D eigenvalue weighted by Crippen LogP contribution is -2.41. The number of aliphatic hydroxyl groups is 2. The largest absolute Gasteiger partial charge is 0.394 e. The molecule has 0 amide bonds. The highest BCUT2D eigenvalue weighted by atomic mass is 16.3. The second-order valence-corrected chi connectivity index (χ2v) is 4.04. The Hall–Kier alpha value is -1.13. The van der Waals surface area contributed by atoms with E-state index in [9.17, 15) is 15.0 Å². The average molecular weight is 209 g/mol. The van der Waals surface area contributed by atoms with Gasteiger partial charge in [-0.15, -0.1) is 0 Å². The van der Waals surface area contributed by atoms with Crippen LogP contribution in [0.25, 0.3) is 0 Å². The first-order valence-electron chi connectivity index (χ1n) is 5.15. The van der Waals surface area contributed by atoms with Gasteiger partial charge in [-0.2, -0.15) is 0 Å². The first-order valence-corrected chi connectivity index (χ1v) is 5.15. The van der Waals surface area contributed by atoms with Crippen LogP contribution in [0.1, 0.15) is 23.7 Å². The molecule has 0 bridgehead atoms. The summed E-state index contributed by atoms with van der Waals surface area (Å²) >= 11 is 0. The summed E-state index contributed by atoms with van der Waals surface area (Å²) in [4.78, 5) is 11.9. The quantitative estimate of drug-likeness (QED) is 0.684. The Morgan fingerprint density at radius 3 is 2.93 bits per heavy atom. The number of hydrogen-bond acceptors (Lipinski definition) is 3. The summed E-state index contributed by atoms with van der Waals surface area (Å²) in [5.41, 5.74) is 1.44. The Bertz CT molecular complexity index is 424. The van der Waals surface area contributed by atoms with Crippen LogP contribution in [0.3, 0.4) is 0 Å². The minimum atomic E-state index is -0.623. The van der Waals surface area contributed by atoms with Gasteiger partial charge in [0.15, 0.2) is 0 Å². The van der Waals surface area contributed by atoms with Crippen molar-refractivity contribution in [1.82, 2.24) is 4.57 Å². The second-order valence-electron chi connectivity index (χ2n) is 4.04. The summed E-state index contributed by atoms with van der Waals surface area (Å²) in [6, 6.07) is 3.20. The van der Waals surface area contributed by atoms with Gasteiger partial charge < -0.3 is 14.8 Å². The zero-order chi connectivity index (χ0) is 11.0. The lowest BCUT2D eigenvalue weighted by Gasteiger charge is -2.31. The number of aromatic nitrogens is 1. The van der Waals surface area contributed by atoms with E-state index < -0.39 is 12.1 Å². The van der Waals surface area contributed by atoms with Crippen LogP contribution in [-0.2, 0) is 6.42 Å². The summed E-state index contributed by atoms with van der Waals surface area (Å²) < 4.78 is 1.53. The Kier molecular flexibility index (Phi) is 2.63. The Labute approximate surface area is 87.8 Å². The number of nitrogens with zero attached hydrogens (tertiary/aromatic N) is 1. The van der Waals surface area contributed by atoms with Crippen molar-refractivity contribution in [3.05, 3.63) is 33.7 Å². The zero-order valence-electron chi connectivity index (χ0n) is 8.68. The maximum atomic E-state index is 11.9. The molecule has 0 saturated carbocycles. The van der Waals surface area contributed by atoms with Gasteiger partial charge in [-0.1, -0.05) is 6.07 Å². The van der Waals surface area contributed by atoms with E-state index in [0.717, 1.165) is 5.69 Å². The monoisotopic (exact) mass is 209 g/mol. The third-order valence-corrected chi connectivity index (χ3v) is 3.05. The number of aryl methyl sites for hydroxylation is 2. The molecule has 4 heteroatoms. The summed E-state index contributed by atoms with van der Waals surface area (Å²) in [5, 5.41) is 18.9.